The second-order valence-electron chi connectivity index (χ2n) is 9.15. The summed E-state index contributed by atoms with van der Waals surface area (Å²) in [7, 11) is 1.44. The van der Waals surface area contributed by atoms with Gasteiger partial charge in [-0.05, 0) is 50.6 Å². The second kappa shape index (κ2) is 12.8. The molecule has 216 valence electrons. The van der Waals surface area contributed by atoms with Crippen LogP contribution in [-0.4, -0.2) is 50.8 Å². The first-order valence-electron chi connectivity index (χ1n) is 12.8. The highest BCUT2D eigenvalue weighted by Gasteiger charge is 2.21. The summed E-state index contributed by atoms with van der Waals surface area (Å²) >= 11 is 3.21. The Kier molecular flexibility index (Phi) is 9.22. The van der Waals surface area contributed by atoms with Gasteiger partial charge in [0.1, 0.15) is 22.8 Å². The molecule has 0 saturated carbocycles. The number of rotatable bonds is 12. The molecule has 2 aromatic carbocycles. The topological polar surface area (TPSA) is 158 Å². The van der Waals surface area contributed by atoms with E-state index in [1.807, 2.05) is 6.92 Å². The Morgan fingerprint density at radius 3 is 2.63 bits per heavy atom. The van der Waals surface area contributed by atoms with Crippen LogP contribution in [0.1, 0.15) is 51.9 Å². The van der Waals surface area contributed by atoms with Crippen LogP contribution in [0.3, 0.4) is 0 Å². The van der Waals surface area contributed by atoms with Crippen molar-refractivity contribution < 1.29 is 23.5 Å². The van der Waals surface area contributed by atoms with Crippen molar-refractivity contribution in [3.8, 4) is 5.75 Å². The largest absolute Gasteiger partial charge is 0.494 e. The third kappa shape index (κ3) is 6.82. The third-order valence-corrected chi connectivity index (χ3v) is 6.72. The second-order valence-corrected chi connectivity index (χ2v) is 10.1. The Morgan fingerprint density at radius 2 is 1.95 bits per heavy atom. The molecular weight excluding hydrogens is 599 g/mol. The summed E-state index contributed by atoms with van der Waals surface area (Å²) in [5.74, 6) is -1.30. The van der Waals surface area contributed by atoms with Crippen LogP contribution in [0, 0.1) is 12.7 Å². The van der Waals surface area contributed by atoms with Gasteiger partial charge < -0.3 is 21.2 Å². The predicted molar refractivity (Wildman–Crippen MR) is 155 cm³/mol. The van der Waals surface area contributed by atoms with Gasteiger partial charge in [0.15, 0.2) is 0 Å². The zero-order valence-corrected chi connectivity index (χ0v) is 24.3. The van der Waals surface area contributed by atoms with Gasteiger partial charge >= 0.3 is 0 Å². The number of imidazole rings is 1. The van der Waals surface area contributed by atoms with Crippen molar-refractivity contribution in [2.45, 2.75) is 39.8 Å². The van der Waals surface area contributed by atoms with Gasteiger partial charge in [-0.2, -0.15) is 5.10 Å². The number of carbonyl (C=O) groups is 3. The minimum atomic E-state index is -0.658. The first-order chi connectivity index (χ1) is 19.6. The van der Waals surface area contributed by atoms with E-state index < -0.39 is 17.6 Å². The summed E-state index contributed by atoms with van der Waals surface area (Å²) in [6, 6.07) is 9.31. The van der Waals surface area contributed by atoms with E-state index in [1.165, 1.54) is 30.0 Å². The summed E-state index contributed by atoms with van der Waals surface area (Å²) in [6.45, 7) is 4.54. The summed E-state index contributed by atoms with van der Waals surface area (Å²) in [6.07, 6.45) is 0.572. The number of amides is 3. The number of nitrogens with zero attached hydrogens (tertiary/aromatic N) is 4. The van der Waals surface area contributed by atoms with Crippen molar-refractivity contribution in [1.82, 2.24) is 24.8 Å². The van der Waals surface area contributed by atoms with Gasteiger partial charge in [0.05, 0.1) is 18.3 Å². The fourth-order valence-corrected chi connectivity index (χ4v) is 4.56. The number of aryl methyl sites for hydroxylation is 2. The van der Waals surface area contributed by atoms with Crippen molar-refractivity contribution in [3.05, 3.63) is 69.2 Å². The van der Waals surface area contributed by atoms with E-state index in [2.05, 4.69) is 42.1 Å². The molecule has 5 N–H and O–H groups in total. The lowest BCUT2D eigenvalue weighted by molar-refractivity contribution is -0.121. The molecule has 2 heterocycles. The zero-order valence-electron chi connectivity index (χ0n) is 22.8. The van der Waals surface area contributed by atoms with E-state index in [0.717, 1.165) is 0 Å². The molecule has 0 aliphatic carbocycles. The number of carbonyl (C=O) groups excluding carboxylic acids is 3. The standard InChI is InChI=1S/C27H30BrFN8O4/c1-4-36-21(10-15(2)35-36)26(40)34-27-33-20-11-17(25(30)39)12-22(41-3)24(20)37(27)32-9-5-6-23(38)31-14-16-7-8-18(28)13-19(16)29/h7-8,10-13,32H,4-6,9,14H2,1-3H3,(H2,30,39)(H,31,38)(H,33,34,40). The van der Waals surface area contributed by atoms with Gasteiger partial charge in [-0.15, -0.1) is 0 Å². The number of hydrogen-bond donors (Lipinski definition) is 4. The third-order valence-electron chi connectivity index (χ3n) is 6.22. The Labute approximate surface area is 243 Å². The first-order valence-corrected chi connectivity index (χ1v) is 13.6. The number of nitrogens with two attached hydrogens (primary N) is 1. The lowest BCUT2D eigenvalue weighted by Crippen LogP contribution is -2.26. The number of halogens is 2. The predicted octanol–water partition coefficient (Wildman–Crippen LogP) is 3.46. The molecule has 14 heteroatoms. The van der Waals surface area contributed by atoms with Crippen molar-refractivity contribution >= 4 is 50.6 Å². The Bertz CT molecular complexity index is 1620. The van der Waals surface area contributed by atoms with Crippen LogP contribution >= 0.6 is 15.9 Å². The summed E-state index contributed by atoms with van der Waals surface area (Å²) in [5, 5.41) is 9.83. The number of benzene rings is 2. The Balaban J connectivity index is 1.51. The number of nitrogens with one attached hydrogen (secondary N) is 3. The van der Waals surface area contributed by atoms with Crippen LogP contribution in [0.2, 0.25) is 0 Å². The van der Waals surface area contributed by atoms with Gasteiger partial charge in [-0.1, -0.05) is 22.0 Å². The SMILES string of the molecule is CCn1nc(C)cc1C(=O)Nc1nc2cc(C(N)=O)cc(OC)c2n1NCCCC(=O)NCc1ccc(Br)cc1F. The molecule has 41 heavy (non-hydrogen) atoms. The summed E-state index contributed by atoms with van der Waals surface area (Å²) in [4.78, 5) is 41.9. The molecule has 12 nitrogen and oxygen atoms in total. The van der Waals surface area contributed by atoms with E-state index in [0.29, 0.717) is 57.7 Å². The number of anilines is 1. The normalized spacial score (nSPS) is 11.0. The minimum absolute atomic E-state index is 0.0704. The van der Waals surface area contributed by atoms with E-state index in [4.69, 9.17) is 10.5 Å². The monoisotopic (exact) mass is 628 g/mol. The van der Waals surface area contributed by atoms with Crippen molar-refractivity contribution in [3.63, 3.8) is 0 Å². The molecule has 4 aromatic rings. The average molecular weight is 629 g/mol. The fourth-order valence-electron chi connectivity index (χ4n) is 4.23. The molecule has 2 aromatic heterocycles. The number of hydrogen-bond acceptors (Lipinski definition) is 7. The van der Waals surface area contributed by atoms with E-state index in [1.54, 1.807) is 29.8 Å². The summed E-state index contributed by atoms with van der Waals surface area (Å²) < 4.78 is 23.3. The fraction of sp³-hybridized carbons (Fsp3) is 0.296. The van der Waals surface area contributed by atoms with Crippen LogP contribution in [-0.2, 0) is 17.9 Å². The summed E-state index contributed by atoms with van der Waals surface area (Å²) in [5.41, 5.74) is 11.1. The van der Waals surface area contributed by atoms with Gasteiger partial charge in [0.25, 0.3) is 5.91 Å². The average Bonchev–Trinajstić information content (AvgIpc) is 3.49. The molecule has 0 radical (unpaired) electrons. The lowest BCUT2D eigenvalue weighted by Gasteiger charge is -2.14. The highest BCUT2D eigenvalue weighted by Crippen LogP contribution is 2.30. The number of methoxy groups -OCH3 is 1. The van der Waals surface area contributed by atoms with Crippen LogP contribution in [0.5, 0.6) is 5.75 Å². The maximum absolute atomic E-state index is 14.0. The van der Waals surface area contributed by atoms with Gasteiger partial charge in [0, 0.05) is 41.7 Å². The molecule has 0 bridgehead atoms. The van der Waals surface area contributed by atoms with Crippen LogP contribution < -0.4 is 26.5 Å². The quantitative estimate of drug-likeness (QED) is 0.175. The van der Waals surface area contributed by atoms with Crippen LogP contribution in [0.25, 0.3) is 11.0 Å². The smallest absolute Gasteiger partial charge is 0.276 e. The molecule has 0 unspecified atom stereocenters. The Hall–Kier alpha value is -4.46. The van der Waals surface area contributed by atoms with Gasteiger partial charge in [0.2, 0.25) is 17.8 Å². The van der Waals surface area contributed by atoms with Gasteiger partial charge in [-0.25, -0.2) is 14.1 Å². The van der Waals surface area contributed by atoms with E-state index in [9.17, 15) is 18.8 Å². The van der Waals surface area contributed by atoms with Crippen LogP contribution in [0.4, 0.5) is 10.3 Å². The Morgan fingerprint density at radius 1 is 1.17 bits per heavy atom. The molecule has 0 spiro atoms. The van der Waals surface area contributed by atoms with E-state index >= 15 is 0 Å². The molecule has 0 fully saturated rings. The lowest BCUT2D eigenvalue weighted by atomic mass is 10.1. The molecule has 3 amide bonds. The number of primary amides is 1. The highest BCUT2D eigenvalue weighted by molar-refractivity contribution is 9.10. The molecule has 0 saturated heterocycles. The zero-order chi connectivity index (χ0) is 29.7. The molecule has 0 aliphatic heterocycles. The highest BCUT2D eigenvalue weighted by atomic mass is 79.9. The maximum Gasteiger partial charge on any atom is 0.276 e. The number of ether oxygens (including phenoxy) is 1. The van der Waals surface area contributed by atoms with Crippen molar-refractivity contribution in [2.75, 3.05) is 24.4 Å². The van der Waals surface area contributed by atoms with Crippen LogP contribution in [0.15, 0.2) is 40.9 Å². The minimum Gasteiger partial charge on any atom is -0.494 e. The van der Waals surface area contributed by atoms with Crippen molar-refractivity contribution in [1.29, 1.82) is 0 Å². The molecular formula is C27H30BrFN8O4. The number of fused-ring (bicyclic) bond motifs is 1. The van der Waals surface area contributed by atoms with Crippen molar-refractivity contribution in [2.24, 2.45) is 5.73 Å². The maximum atomic E-state index is 14.0. The van der Waals surface area contributed by atoms with Gasteiger partial charge in [-0.3, -0.25) is 24.4 Å². The van der Waals surface area contributed by atoms with E-state index in [-0.39, 0.29) is 30.4 Å². The molecule has 4 rings (SSSR count). The molecule has 0 aliphatic rings. The number of aromatic nitrogens is 4. The molecule has 0 atom stereocenters. The first kappa shape index (κ1) is 29.5.